The van der Waals surface area contributed by atoms with Crippen LogP contribution in [0.4, 0.5) is 5.69 Å². The van der Waals surface area contributed by atoms with Crippen molar-refractivity contribution in [1.82, 2.24) is 0 Å². The summed E-state index contributed by atoms with van der Waals surface area (Å²) in [7, 11) is 0. The summed E-state index contributed by atoms with van der Waals surface area (Å²) in [6, 6.07) is 5.33. The molecule has 0 bridgehead atoms. The summed E-state index contributed by atoms with van der Waals surface area (Å²) in [5.41, 5.74) is 0.831. The summed E-state index contributed by atoms with van der Waals surface area (Å²) in [5.74, 6) is 1.62. The van der Waals surface area contributed by atoms with Crippen molar-refractivity contribution < 1.29 is 9.90 Å². The van der Waals surface area contributed by atoms with E-state index in [-0.39, 0.29) is 11.6 Å². The maximum Gasteiger partial charge on any atom is 0.338 e. The Hall–Kier alpha value is -1.47. The highest BCUT2D eigenvalue weighted by Gasteiger charge is 2.15. The van der Waals surface area contributed by atoms with Gasteiger partial charge in [-0.25, -0.2) is 4.79 Å². The fraction of sp³-hybridized carbons (Fsp3) is 0.308. The van der Waals surface area contributed by atoms with E-state index in [1.807, 2.05) is 6.92 Å². The lowest BCUT2D eigenvalue weighted by atomic mass is 10.1. The van der Waals surface area contributed by atoms with Crippen molar-refractivity contribution in [1.29, 1.82) is 0 Å². The van der Waals surface area contributed by atoms with Crippen LogP contribution in [-0.2, 0) is 0 Å². The summed E-state index contributed by atoms with van der Waals surface area (Å²) in [5, 5.41) is 12.3. The van der Waals surface area contributed by atoms with Crippen molar-refractivity contribution in [3.63, 3.8) is 0 Å². The van der Waals surface area contributed by atoms with Gasteiger partial charge in [-0.15, -0.1) is 12.3 Å². The van der Waals surface area contributed by atoms with E-state index in [9.17, 15) is 4.79 Å². The van der Waals surface area contributed by atoms with Crippen LogP contribution in [0.25, 0.3) is 0 Å². The number of hydrogen-bond donors (Lipinski definition) is 2. The zero-order valence-corrected chi connectivity index (χ0v) is 11.1. The number of nitrogens with one attached hydrogen (secondary N) is 1. The molecular weight excluding hydrogens is 282 g/mol. The Bertz CT molecular complexity index is 451. The molecule has 0 aliphatic heterocycles. The highest BCUT2D eigenvalue weighted by molar-refractivity contribution is 9.10. The molecule has 0 aromatic heterocycles. The first-order chi connectivity index (χ1) is 8.10. The van der Waals surface area contributed by atoms with Crippen LogP contribution in [0, 0.1) is 12.3 Å². The van der Waals surface area contributed by atoms with Gasteiger partial charge in [0.1, 0.15) is 0 Å². The van der Waals surface area contributed by atoms with Crippen molar-refractivity contribution in [3.05, 3.63) is 28.2 Å². The smallest absolute Gasteiger partial charge is 0.338 e. The molecular formula is C13H14BrNO2. The van der Waals surface area contributed by atoms with Gasteiger partial charge in [-0.1, -0.05) is 13.0 Å². The van der Waals surface area contributed by atoms with Crippen LogP contribution in [0.5, 0.6) is 0 Å². The predicted octanol–water partition coefficient (Wildman–Crippen LogP) is 3.36. The molecule has 17 heavy (non-hydrogen) atoms. The minimum Gasteiger partial charge on any atom is -0.478 e. The molecule has 0 fully saturated rings. The second-order valence-corrected chi connectivity index (χ2v) is 4.48. The minimum absolute atomic E-state index is 0.0902. The third kappa shape index (κ3) is 3.50. The number of carbonyl (C=O) groups is 1. The highest BCUT2D eigenvalue weighted by Crippen LogP contribution is 2.26. The van der Waals surface area contributed by atoms with Crippen molar-refractivity contribution in [2.75, 3.05) is 5.32 Å². The number of benzene rings is 1. The molecule has 0 saturated heterocycles. The van der Waals surface area contributed by atoms with Crippen LogP contribution < -0.4 is 5.32 Å². The summed E-state index contributed by atoms with van der Waals surface area (Å²) < 4.78 is 0.561. The molecule has 3 nitrogen and oxygen atoms in total. The number of hydrogen-bond acceptors (Lipinski definition) is 2. The van der Waals surface area contributed by atoms with E-state index in [1.54, 1.807) is 18.2 Å². The first kappa shape index (κ1) is 13.6. The number of anilines is 1. The number of carboxylic acid groups (broad SMARTS) is 1. The van der Waals surface area contributed by atoms with E-state index in [0.717, 1.165) is 6.42 Å². The number of halogens is 1. The summed E-state index contributed by atoms with van der Waals surface area (Å²) >= 11 is 3.24. The Morgan fingerprint density at radius 1 is 1.65 bits per heavy atom. The molecule has 2 N–H and O–H groups in total. The molecule has 0 saturated carbocycles. The van der Waals surface area contributed by atoms with Gasteiger partial charge >= 0.3 is 5.97 Å². The van der Waals surface area contributed by atoms with Gasteiger partial charge in [0.2, 0.25) is 0 Å². The first-order valence-electron chi connectivity index (χ1n) is 5.32. The van der Waals surface area contributed by atoms with Gasteiger partial charge in [-0.3, -0.25) is 0 Å². The number of rotatable bonds is 5. The van der Waals surface area contributed by atoms with Crippen LogP contribution in [0.1, 0.15) is 30.1 Å². The quantitative estimate of drug-likeness (QED) is 0.819. The van der Waals surface area contributed by atoms with Gasteiger partial charge in [0.05, 0.1) is 11.3 Å². The molecule has 0 aliphatic rings. The van der Waals surface area contributed by atoms with Gasteiger partial charge in [-0.05, 0) is 34.5 Å². The standard InChI is InChI=1S/C13H14BrNO2/c1-3-6-9(4-2)15-11-8-5-7-10(14)12(11)13(16)17/h1,5,7-9,15H,4,6H2,2H3,(H,16,17). The van der Waals surface area contributed by atoms with Crippen LogP contribution in [0.15, 0.2) is 22.7 Å². The maximum atomic E-state index is 11.2. The molecule has 1 aromatic rings. The number of aromatic carboxylic acids is 1. The Morgan fingerprint density at radius 3 is 2.88 bits per heavy atom. The fourth-order valence-electron chi connectivity index (χ4n) is 1.52. The van der Waals surface area contributed by atoms with Crippen LogP contribution in [-0.4, -0.2) is 17.1 Å². The molecule has 1 aromatic carbocycles. The molecule has 4 heteroatoms. The van der Waals surface area contributed by atoms with Gasteiger partial charge in [0, 0.05) is 16.9 Å². The van der Waals surface area contributed by atoms with Crippen molar-refractivity contribution in [2.24, 2.45) is 0 Å². The Morgan fingerprint density at radius 2 is 2.35 bits per heavy atom. The summed E-state index contributed by atoms with van der Waals surface area (Å²) in [6.07, 6.45) is 6.69. The van der Waals surface area contributed by atoms with Gasteiger partial charge < -0.3 is 10.4 Å². The molecule has 0 amide bonds. The predicted molar refractivity (Wildman–Crippen MR) is 72.3 cm³/mol. The molecule has 0 spiro atoms. The normalized spacial score (nSPS) is 11.6. The largest absolute Gasteiger partial charge is 0.478 e. The summed E-state index contributed by atoms with van der Waals surface area (Å²) in [4.78, 5) is 11.2. The SMILES string of the molecule is C#CCC(CC)Nc1cccc(Br)c1C(=O)O. The Kier molecular flexibility index (Phi) is 5.05. The minimum atomic E-state index is -0.962. The molecule has 0 heterocycles. The molecule has 1 unspecified atom stereocenters. The second kappa shape index (κ2) is 6.31. The van der Waals surface area contributed by atoms with Crippen LogP contribution >= 0.6 is 15.9 Å². The maximum absolute atomic E-state index is 11.2. The van der Waals surface area contributed by atoms with E-state index in [2.05, 4.69) is 27.2 Å². The molecule has 1 rings (SSSR count). The van der Waals surface area contributed by atoms with E-state index in [0.29, 0.717) is 16.6 Å². The molecule has 1 atom stereocenters. The third-order valence-electron chi connectivity index (χ3n) is 2.44. The van der Waals surface area contributed by atoms with Crippen molar-refractivity contribution >= 4 is 27.6 Å². The molecule has 90 valence electrons. The van der Waals surface area contributed by atoms with Crippen molar-refractivity contribution in [3.8, 4) is 12.3 Å². The van der Waals surface area contributed by atoms with Gasteiger partial charge in [-0.2, -0.15) is 0 Å². The molecule has 0 radical (unpaired) electrons. The van der Waals surface area contributed by atoms with E-state index < -0.39 is 5.97 Å². The van der Waals surface area contributed by atoms with Crippen molar-refractivity contribution in [2.45, 2.75) is 25.8 Å². The molecule has 0 aliphatic carbocycles. The lowest BCUT2D eigenvalue weighted by Gasteiger charge is -2.18. The average molecular weight is 296 g/mol. The summed E-state index contributed by atoms with van der Waals surface area (Å²) in [6.45, 7) is 2.01. The Labute approximate surface area is 109 Å². The van der Waals surface area contributed by atoms with Gasteiger partial charge in [0.25, 0.3) is 0 Å². The first-order valence-corrected chi connectivity index (χ1v) is 6.11. The van der Waals surface area contributed by atoms with E-state index >= 15 is 0 Å². The zero-order chi connectivity index (χ0) is 12.8. The van der Waals surface area contributed by atoms with E-state index in [1.165, 1.54) is 0 Å². The highest BCUT2D eigenvalue weighted by atomic mass is 79.9. The fourth-order valence-corrected chi connectivity index (χ4v) is 2.06. The Balaban J connectivity index is 3.02. The lowest BCUT2D eigenvalue weighted by molar-refractivity contribution is 0.0697. The monoisotopic (exact) mass is 295 g/mol. The zero-order valence-electron chi connectivity index (χ0n) is 9.53. The topological polar surface area (TPSA) is 49.3 Å². The second-order valence-electron chi connectivity index (χ2n) is 3.63. The number of carboxylic acids is 1. The number of terminal acetylenes is 1. The third-order valence-corrected chi connectivity index (χ3v) is 3.10. The van der Waals surface area contributed by atoms with E-state index in [4.69, 9.17) is 11.5 Å². The lowest BCUT2D eigenvalue weighted by Crippen LogP contribution is -2.19. The average Bonchev–Trinajstić information content (AvgIpc) is 2.28. The van der Waals surface area contributed by atoms with Crippen LogP contribution in [0.3, 0.4) is 0 Å². The van der Waals surface area contributed by atoms with Gasteiger partial charge in [0.15, 0.2) is 0 Å². The van der Waals surface area contributed by atoms with Crippen LogP contribution in [0.2, 0.25) is 0 Å².